The van der Waals surface area contributed by atoms with E-state index in [4.69, 9.17) is 14.3 Å². The molecule has 2 N–H and O–H groups in total. The quantitative estimate of drug-likeness (QED) is 0.882. The Labute approximate surface area is 134 Å². The Morgan fingerprint density at radius 2 is 2.30 bits per heavy atom. The number of likely N-dealkylation sites (tertiary alicyclic amines) is 1. The van der Waals surface area contributed by atoms with Gasteiger partial charge in [0.05, 0.1) is 32.4 Å². The third-order valence-electron chi connectivity index (χ3n) is 3.73. The summed E-state index contributed by atoms with van der Waals surface area (Å²) in [6.45, 7) is 5.42. The van der Waals surface area contributed by atoms with E-state index in [-0.39, 0.29) is 24.7 Å². The topological polar surface area (TPSA) is 87.8 Å². The number of carbonyl (C=O) groups excluding carboxylic acids is 1. The second kappa shape index (κ2) is 6.55. The predicted molar refractivity (Wildman–Crippen MR) is 85.5 cm³/mol. The Morgan fingerprint density at radius 1 is 1.52 bits per heavy atom. The van der Waals surface area contributed by atoms with Crippen molar-refractivity contribution in [3.63, 3.8) is 0 Å². The van der Waals surface area contributed by atoms with Gasteiger partial charge in [0.2, 0.25) is 0 Å². The lowest BCUT2D eigenvalue weighted by Gasteiger charge is -2.38. The highest BCUT2D eigenvalue weighted by Gasteiger charge is 2.31. The van der Waals surface area contributed by atoms with Crippen LogP contribution in [0.1, 0.15) is 25.7 Å². The van der Waals surface area contributed by atoms with Gasteiger partial charge in [0.25, 0.3) is 0 Å². The molecule has 124 valence electrons. The smallest absolute Gasteiger partial charge is 0.322 e. The van der Waals surface area contributed by atoms with Gasteiger partial charge in [0.15, 0.2) is 11.5 Å². The number of benzene rings is 1. The minimum Gasteiger partial charge on any atom is -0.440 e. The first-order valence-corrected chi connectivity index (χ1v) is 7.75. The summed E-state index contributed by atoms with van der Waals surface area (Å²) < 4.78 is 11.0. The molecular formula is C16H21N3O4. The fraction of sp³-hybridized carbons (Fsp3) is 0.500. The van der Waals surface area contributed by atoms with Gasteiger partial charge in [-0.2, -0.15) is 0 Å². The molecule has 2 aromatic rings. The second-order valence-electron chi connectivity index (χ2n) is 5.94. The SMILES string of the molecule is CC(C)c1nc2cc(NC(=O)N3CC(OCCO)C3)ccc2o1. The van der Waals surface area contributed by atoms with E-state index in [1.54, 1.807) is 11.0 Å². The molecule has 0 aliphatic carbocycles. The molecule has 0 bridgehead atoms. The van der Waals surface area contributed by atoms with Crippen LogP contribution in [0, 0.1) is 0 Å². The van der Waals surface area contributed by atoms with E-state index in [0.717, 1.165) is 5.52 Å². The van der Waals surface area contributed by atoms with E-state index < -0.39 is 0 Å². The summed E-state index contributed by atoms with van der Waals surface area (Å²) >= 11 is 0. The highest BCUT2D eigenvalue weighted by atomic mass is 16.5. The molecule has 7 heteroatoms. The molecule has 0 spiro atoms. The van der Waals surface area contributed by atoms with E-state index in [0.29, 0.717) is 36.9 Å². The number of aromatic nitrogens is 1. The molecule has 1 aromatic carbocycles. The van der Waals surface area contributed by atoms with Crippen molar-refractivity contribution in [3.8, 4) is 0 Å². The summed E-state index contributed by atoms with van der Waals surface area (Å²) in [6.07, 6.45) is 0.0134. The van der Waals surface area contributed by atoms with Crippen LogP contribution >= 0.6 is 0 Å². The fourth-order valence-electron chi connectivity index (χ4n) is 2.40. The number of nitrogens with zero attached hydrogens (tertiary/aromatic N) is 2. The molecule has 2 heterocycles. The monoisotopic (exact) mass is 319 g/mol. The largest absolute Gasteiger partial charge is 0.440 e. The normalized spacial score (nSPS) is 15.2. The van der Waals surface area contributed by atoms with Gasteiger partial charge < -0.3 is 24.5 Å². The Morgan fingerprint density at radius 3 is 3.00 bits per heavy atom. The average molecular weight is 319 g/mol. The van der Waals surface area contributed by atoms with Crippen LogP contribution in [0.2, 0.25) is 0 Å². The van der Waals surface area contributed by atoms with E-state index in [1.165, 1.54) is 0 Å². The number of aliphatic hydroxyl groups is 1. The minimum absolute atomic E-state index is 0.00121. The number of carbonyl (C=O) groups is 1. The summed E-state index contributed by atoms with van der Waals surface area (Å²) in [7, 11) is 0. The Hall–Kier alpha value is -2.12. The second-order valence-corrected chi connectivity index (χ2v) is 5.94. The number of hydrogen-bond donors (Lipinski definition) is 2. The van der Waals surface area contributed by atoms with Crippen molar-refractivity contribution < 1.29 is 19.1 Å². The standard InChI is InChI=1S/C16H21N3O4/c1-10(2)15-18-13-7-11(3-4-14(13)23-15)17-16(21)19-8-12(9-19)22-6-5-20/h3-4,7,10,12,20H,5-6,8-9H2,1-2H3,(H,17,21). The van der Waals surface area contributed by atoms with Crippen molar-refractivity contribution >= 4 is 22.8 Å². The molecule has 1 aromatic heterocycles. The van der Waals surface area contributed by atoms with Gasteiger partial charge in [-0.3, -0.25) is 0 Å². The van der Waals surface area contributed by atoms with Crippen molar-refractivity contribution in [2.75, 3.05) is 31.6 Å². The van der Waals surface area contributed by atoms with Gasteiger partial charge >= 0.3 is 6.03 Å². The molecule has 0 saturated carbocycles. The maximum Gasteiger partial charge on any atom is 0.322 e. The number of fused-ring (bicyclic) bond motifs is 1. The Kier molecular flexibility index (Phi) is 4.49. The summed E-state index contributed by atoms with van der Waals surface area (Å²) in [6, 6.07) is 5.25. The lowest BCUT2D eigenvalue weighted by molar-refractivity contribution is -0.0440. The minimum atomic E-state index is -0.166. The van der Waals surface area contributed by atoms with Crippen LogP contribution in [0.5, 0.6) is 0 Å². The predicted octanol–water partition coefficient (Wildman–Crippen LogP) is 2.18. The highest BCUT2D eigenvalue weighted by Crippen LogP contribution is 2.24. The number of amides is 2. The lowest BCUT2D eigenvalue weighted by Crippen LogP contribution is -2.56. The third kappa shape index (κ3) is 3.46. The molecule has 0 atom stereocenters. The molecule has 1 aliphatic heterocycles. The number of aliphatic hydroxyl groups excluding tert-OH is 1. The van der Waals surface area contributed by atoms with Crippen LogP contribution in [0.25, 0.3) is 11.1 Å². The van der Waals surface area contributed by atoms with Crippen molar-refractivity contribution in [2.24, 2.45) is 0 Å². The molecule has 3 rings (SSSR count). The van der Waals surface area contributed by atoms with Crippen LogP contribution in [0.4, 0.5) is 10.5 Å². The summed E-state index contributed by atoms with van der Waals surface area (Å²) in [5.41, 5.74) is 2.14. The van der Waals surface area contributed by atoms with E-state index in [1.807, 2.05) is 26.0 Å². The van der Waals surface area contributed by atoms with Crippen LogP contribution in [0.3, 0.4) is 0 Å². The van der Waals surface area contributed by atoms with Crippen molar-refractivity contribution in [1.29, 1.82) is 0 Å². The third-order valence-corrected chi connectivity index (χ3v) is 3.73. The zero-order valence-electron chi connectivity index (χ0n) is 13.3. The van der Waals surface area contributed by atoms with Gasteiger partial charge in [0, 0.05) is 11.6 Å². The molecule has 23 heavy (non-hydrogen) atoms. The molecule has 1 aliphatic rings. The Bertz CT molecular complexity index is 692. The Balaban J connectivity index is 1.60. The first-order valence-electron chi connectivity index (χ1n) is 7.75. The van der Waals surface area contributed by atoms with Crippen LogP contribution in [-0.2, 0) is 4.74 Å². The molecule has 1 fully saturated rings. The molecular weight excluding hydrogens is 298 g/mol. The van der Waals surface area contributed by atoms with E-state index in [2.05, 4.69) is 10.3 Å². The summed E-state index contributed by atoms with van der Waals surface area (Å²) in [4.78, 5) is 18.2. The average Bonchev–Trinajstić information content (AvgIpc) is 2.89. The summed E-state index contributed by atoms with van der Waals surface area (Å²) in [5.74, 6) is 0.910. The number of hydrogen-bond acceptors (Lipinski definition) is 5. The molecule has 1 saturated heterocycles. The number of rotatable bonds is 5. The number of anilines is 1. The molecule has 7 nitrogen and oxygen atoms in total. The first kappa shape index (κ1) is 15.8. The van der Waals surface area contributed by atoms with Gasteiger partial charge in [-0.15, -0.1) is 0 Å². The zero-order chi connectivity index (χ0) is 16.4. The summed E-state index contributed by atoms with van der Waals surface area (Å²) in [5, 5.41) is 11.5. The van der Waals surface area contributed by atoms with Gasteiger partial charge in [-0.25, -0.2) is 9.78 Å². The molecule has 0 unspecified atom stereocenters. The fourth-order valence-corrected chi connectivity index (χ4v) is 2.40. The van der Waals surface area contributed by atoms with Crippen molar-refractivity contribution in [1.82, 2.24) is 9.88 Å². The molecule has 0 radical (unpaired) electrons. The highest BCUT2D eigenvalue weighted by molar-refractivity contribution is 5.92. The van der Waals surface area contributed by atoms with Crippen LogP contribution in [0.15, 0.2) is 22.6 Å². The van der Waals surface area contributed by atoms with Crippen LogP contribution in [-0.4, -0.2) is 53.4 Å². The van der Waals surface area contributed by atoms with Gasteiger partial charge in [-0.1, -0.05) is 13.8 Å². The van der Waals surface area contributed by atoms with Gasteiger partial charge in [-0.05, 0) is 18.2 Å². The number of urea groups is 1. The lowest BCUT2D eigenvalue weighted by atomic mass is 10.2. The van der Waals surface area contributed by atoms with Crippen molar-refractivity contribution in [2.45, 2.75) is 25.9 Å². The van der Waals surface area contributed by atoms with Gasteiger partial charge in [0.1, 0.15) is 5.52 Å². The number of ether oxygens (including phenoxy) is 1. The maximum atomic E-state index is 12.1. The van der Waals surface area contributed by atoms with E-state index >= 15 is 0 Å². The number of oxazole rings is 1. The number of nitrogens with one attached hydrogen (secondary N) is 1. The molecule has 2 amide bonds. The first-order chi connectivity index (χ1) is 11.1. The van der Waals surface area contributed by atoms with Crippen molar-refractivity contribution in [3.05, 3.63) is 24.1 Å². The zero-order valence-corrected chi connectivity index (χ0v) is 13.3. The van der Waals surface area contributed by atoms with E-state index in [9.17, 15) is 4.79 Å². The maximum absolute atomic E-state index is 12.1. The van der Waals surface area contributed by atoms with Crippen LogP contribution < -0.4 is 5.32 Å².